The van der Waals surface area contributed by atoms with Crippen molar-refractivity contribution in [1.29, 1.82) is 0 Å². The highest BCUT2D eigenvalue weighted by Crippen LogP contribution is 2.24. The second-order valence-electron chi connectivity index (χ2n) is 7.99. The van der Waals surface area contributed by atoms with Gasteiger partial charge in [0, 0.05) is 43.1 Å². The predicted octanol–water partition coefficient (Wildman–Crippen LogP) is 3.01. The van der Waals surface area contributed by atoms with Crippen LogP contribution in [0.1, 0.15) is 44.1 Å². The maximum atomic E-state index is 6.33. The smallest absolute Gasteiger partial charge is 0.0647 e. The Labute approximate surface area is 156 Å². The Morgan fingerprint density at radius 2 is 1.81 bits per heavy atom. The van der Waals surface area contributed by atoms with Crippen LogP contribution in [0.3, 0.4) is 0 Å². The Balaban J connectivity index is 1.39. The van der Waals surface area contributed by atoms with E-state index in [-0.39, 0.29) is 0 Å². The van der Waals surface area contributed by atoms with Gasteiger partial charge in [0.05, 0.1) is 11.9 Å². The predicted molar refractivity (Wildman–Crippen MR) is 107 cm³/mol. The molecule has 1 saturated heterocycles. The second kappa shape index (κ2) is 7.80. The molecule has 4 rings (SSSR count). The van der Waals surface area contributed by atoms with Gasteiger partial charge in [-0.05, 0) is 62.4 Å². The van der Waals surface area contributed by atoms with Crippen molar-refractivity contribution in [1.82, 2.24) is 15.1 Å². The van der Waals surface area contributed by atoms with Crippen LogP contribution in [0.4, 0.5) is 5.69 Å². The maximum absolute atomic E-state index is 6.33. The summed E-state index contributed by atoms with van der Waals surface area (Å²) in [6.07, 6.45) is 11.4. The zero-order valence-electron chi connectivity index (χ0n) is 15.8. The van der Waals surface area contributed by atoms with Crippen molar-refractivity contribution in [3.8, 4) is 5.69 Å². The lowest BCUT2D eigenvalue weighted by Crippen LogP contribution is -2.55. The molecule has 3 N–H and O–H groups in total. The van der Waals surface area contributed by atoms with Crippen LogP contribution in [0.5, 0.6) is 0 Å². The van der Waals surface area contributed by atoms with Crippen LogP contribution >= 0.6 is 0 Å². The van der Waals surface area contributed by atoms with Crippen molar-refractivity contribution in [2.45, 2.75) is 63.6 Å². The number of piperidine rings is 1. The summed E-state index contributed by atoms with van der Waals surface area (Å²) >= 11 is 0. The second-order valence-corrected chi connectivity index (χ2v) is 7.99. The van der Waals surface area contributed by atoms with Crippen LogP contribution in [0.25, 0.3) is 5.69 Å². The van der Waals surface area contributed by atoms with Gasteiger partial charge in [-0.2, -0.15) is 5.10 Å². The van der Waals surface area contributed by atoms with E-state index in [1.54, 1.807) is 0 Å². The Kier molecular flexibility index (Phi) is 5.27. The fraction of sp³-hybridized carbons (Fsp3) is 0.571. The number of aromatic nitrogens is 2. The molecule has 140 valence electrons. The molecule has 5 heteroatoms. The van der Waals surface area contributed by atoms with Gasteiger partial charge >= 0.3 is 0 Å². The van der Waals surface area contributed by atoms with Gasteiger partial charge in [-0.1, -0.05) is 12.8 Å². The maximum Gasteiger partial charge on any atom is 0.0647 e. The third-order valence-corrected chi connectivity index (χ3v) is 5.88. The lowest BCUT2D eigenvalue weighted by Gasteiger charge is -2.39. The Bertz CT molecular complexity index is 707. The molecule has 2 unspecified atom stereocenters. The van der Waals surface area contributed by atoms with Crippen LogP contribution < -0.4 is 16.0 Å². The molecule has 3 atom stereocenters. The quantitative estimate of drug-likeness (QED) is 0.887. The van der Waals surface area contributed by atoms with E-state index in [1.807, 2.05) is 10.9 Å². The molecule has 2 fully saturated rings. The molecule has 0 bridgehead atoms. The van der Waals surface area contributed by atoms with Crippen LogP contribution in [-0.4, -0.2) is 41.0 Å². The highest BCUT2D eigenvalue weighted by molar-refractivity contribution is 5.51. The molecule has 2 aliphatic rings. The number of rotatable bonds is 4. The lowest BCUT2D eigenvalue weighted by molar-refractivity contribution is 0.282. The van der Waals surface area contributed by atoms with Gasteiger partial charge in [-0.15, -0.1) is 0 Å². The monoisotopic (exact) mass is 353 g/mol. The van der Waals surface area contributed by atoms with Crippen molar-refractivity contribution in [2.24, 2.45) is 5.73 Å². The summed E-state index contributed by atoms with van der Waals surface area (Å²) in [5.41, 5.74) is 9.93. The number of hydrogen-bond acceptors (Lipinski definition) is 4. The van der Waals surface area contributed by atoms with Gasteiger partial charge in [0.25, 0.3) is 0 Å². The standard InChI is InChI=1S/C21H31N5/c1-16-13-23-26(14-16)19-10-8-18(9-11-19)25-12-4-5-17(15-25)24-21-7-3-2-6-20(21)22/h8-11,13-14,17,20-21,24H,2-7,12,15,22H2,1H3/t17-,20?,21?/m0/s1. The molecule has 2 aromatic rings. The van der Waals surface area contributed by atoms with Crippen molar-refractivity contribution in [3.63, 3.8) is 0 Å². The topological polar surface area (TPSA) is 59.1 Å². The lowest BCUT2D eigenvalue weighted by atomic mass is 9.89. The third-order valence-electron chi connectivity index (χ3n) is 5.88. The molecule has 0 amide bonds. The van der Waals surface area contributed by atoms with Gasteiger partial charge in [0.1, 0.15) is 0 Å². The number of nitrogens with two attached hydrogens (primary N) is 1. The summed E-state index contributed by atoms with van der Waals surface area (Å²) in [5.74, 6) is 0. The van der Waals surface area contributed by atoms with E-state index < -0.39 is 0 Å². The first kappa shape index (κ1) is 17.6. The minimum Gasteiger partial charge on any atom is -0.370 e. The number of anilines is 1. The zero-order valence-corrected chi connectivity index (χ0v) is 15.8. The zero-order chi connectivity index (χ0) is 17.9. The molecule has 5 nitrogen and oxygen atoms in total. The Hall–Kier alpha value is -1.85. The fourth-order valence-corrected chi connectivity index (χ4v) is 4.39. The highest BCUT2D eigenvalue weighted by Gasteiger charge is 2.27. The van der Waals surface area contributed by atoms with Crippen molar-refractivity contribution >= 4 is 5.69 Å². The fourth-order valence-electron chi connectivity index (χ4n) is 4.39. The van der Waals surface area contributed by atoms with Crippen LogP contribution in [0.2, 0.25) is 0 Å². The van der Waals surface area contributed by atoms with Gasteiger partial charge in [0.2, 0.25) is 0 Å². The number of nitrogens with zero attached hydrogens (tertiary/aromatic N) is 3. The molecule has 26 heavy (non-hydrogen) atoms. The van der Waals surface area contributed by atoms with E-state index in [1.165, 1.54) is 49.8 Å². The molecule has 0 spiro atoms. The van der Waals surface area contributed by atoms with Crippen molar-refractivity contribution in [2.75, 3.05) is 18.0 Å². The molecule has 0 radical (unpaired) electrons. The van der Waals surface area contributed by atoms with Gasteiger partial charge in [-0.3, -0.25) is 0 Å². The summed E-state index contributed by atoms with van der Waals surface area (Å²) in [5, 5.41) is 8.26. The molecule has 1 aromatic heterocycles. The third kappa shape index (κ3) is 3.94. The summed E-state index contributed by atoms with van der Waals surface area (Å²) in [6, 6.07) is 10.1. The number of benzene rings is 1. The molecule has 1 aliphatic heterocycles. The first-order chi connectivity index (χ1) is 12.7. The molecule has 1 aliphatic carbocycles. The Morgan fingerprint density at radius 1 is 1.04 bits per heavy atom. The minimum absolute atomic E-state index is 0.330. The van der Waals surface area contributed by atoms with Crippen molar-refractivity contribution in [3.05, 3.63) is 42.2 Å². The number of nitrogens with one attached hydrogen (secondary N) is 1. The molecular formula is C21H31N5. The molecule has 1 aromatic carbocycles. The summed E-state index contributed by atoms with van der Waals surface area (Å²) in [4.78, 5) is 2.51. The molecule has 2 heterocycles. The van der Waals surface area contributed by atoms with E-state index >= 15 is 0 Å². The number of aryl methyl sites for hydroxylation is 1. The van der Waals surface area contributed by atoms with Gasteiger partial charge < -0.3 is 16.0 Å². The van der Waals surface area contributed by atoms with E-state index in [0.29, 0.717) is 18.1 Å². The highest BCUT2D eigenvalue weighted by atomic mass is 15.3. The van der Waals surface area contributed by atoms with E-state index in [0.717, 1.165) is 18.8 Å². The SMILES string of the molecule is Cc1cnn(-c2ccc(N3CCC[C@H](NC4CCCCC4N)C3)cc2)c1. The largest absolute Gasteiger partial charge is 0.370 e. The van der Waals surface area contributed by atoms with Crippen LogP contribution in [-0.2, 0) is 0 Å². The normalized spacial score (nSPS) is 26.8. The first-order valence-electron chi connectivity index (χ1n) is 10.1. The van der Waals surface area contributed by atoms with Crippen LogP contribution in [0.15, 0.2) is 36.7 Å². The first-order valence-corrected chi connectivity index (χ1v) is 10.1. The van der Waals surface area contributed by atoms with Crippen molar-refractivity contribution < 1.29 is 0 Å². The average molecular weight is 354 g/mol. The average Bonchev–Trinajstić information content (AvgIpc) is 3.10. The van der Waals surface area contributed by atoms with E-state index in [9.17, 15) is 0 Å². The van der Waals surface area contributed by atoms with Gasteiger partial charge in [-0.25, -0.2) is 4.68 Å². The van der Waals surface area contributed by atoms with Crippen LogP contribution in [0, 0.1) is 6.92 Å². The summed E-state index contributed by atoms with van der Waals surface area (Å²) in [7, 11) is 0. The Morgan fingerprint density at radius 3 is 2.54 bits per heavy atom. The summed E-state index contributed by atoms with van der Waals surface area (Å²) in [6.45, 7) is 4.27. The number of hydrogen-bond donors (Lipinski definition) is 2. The van der Waals surface area contributed by atoms with E-state index in [2.05, 4.69) is 52.7 Å². The van der Waals surface area contributed by atoms with Gasteiger partial charge in [0.15, 0.2) is 0 Å². The minimum atomic E-state index is 0.330. The van der Waals surface area contributed by atoms with E-state index in [4.69, 9.17) is 5.73 Å². The summed E-state index contributed by atoms with van der Waals surface area (Å²) < 4.78 is 1.93. The molecular weight excluding hydrogens is 322 g/mol. The molecule has 1 saturated carbocycles.